The summed E-state index contributed by atoms with van der Waals surface area (Å²) in [6.45, 7) is 2.13. The summed E-state index contributed by atoms with van der Waals surface area (Å²) in [4.78, 5) is 12.3. The van der Waals surface area contributed by atoms with E-state index < -0.39 is 21.7 Å². The Morgan fingerprint density at radius 2 is 2.04 bits per heavy atom. The lowest BCUT2D eigenvalue weighted by atomic mass is 10.1. The molecule has 0 spiro atoms. The SMILES string of the molecule is CCS(=O)(=O)c1ccccc1NC(=O)NCCc1cc(F)cc2c1OCOC2. The molecule has 2 aromatic carbocycles. The van der Waals surface area contributed by atoms with Gasteiger partial charge in [-0.15, -0.1) is 0 Å². The van der Waals surface area contributed by atoms with Crippen molar-refractivity contribution in [3.8, 4) is 5.75 Å². The number of hydrogen-bond acceptors (Lipinski definition) is 5. The highest BCUT2D eigenvalue weighted by atomic mass is 32.2. The van der Waals surface area contributed by atoms with Crippen LogP contribution in [0, 0.1) is 5.82 Å². The van der Waals surface area contributed by atoms with Gasteiger partial charge in [0.05, 0.1) is 22.9 Å². The van der Waals surface area contributed by atoms with Gasteiger partial charge in [-0.05, 0) is 36.2 Å². The molecule has 0 atom stereocenters. The molecule has 0 radical (unpaired) electrons. The van der Waals surface area contributed by atoms with E-state index in [-0.39, 0.29) is 36.3 Å². The van der Waals surface area contributed by atoms with Crippen LogP contribution in [0.2, 0.25) is 0 Å². The van der Waals surface area contributed by atoms with Gasteiger partial charge in [-0.2, -0.15) is 0 Å². The molecule has 0 saturated carbocycles. The number of urea groups is 1. The number of anilines is 1. The lowest BCUT2D eigenvalue weighted by Gasteiger charge is -2.21. The topological polar surface area (TPSA) is 93.7 Å². The van der Waals surface area contributed by atoms with Crippen LogP contribution >= 0.6 is 0 Å². The first-order valence-corrected chi connectivity index (χ1v) is 10.4. The second-order valence-electron chi connectivity index (χ2n) is 6.19. The molecule has 150 valence electrons. The Morgan fingerprint density at radius 3 is 2.82 bits per heavy atom. The van der Waals surface area contributed by atoms with Crippen LogP contribution in [0.25, 0.3) is 0 Å². The molecule has 0 aromatic heterocycles. The first-order chi connectivity index (χ1) is 13.4. The van der Waals surface area contributed by atoms with Gasteiger partial charge in [0, 0.05) is 12.1 Å². The highest BCUT2D eigenvalue weighted by molar-refractivity contribution is 7.91. The minimum atomic E-state index is -3.47. The van der Waals surface area contributed by atoms with E-state index in [1.54, 1.807) is 19.1 Å². The van der Waals surface area contributed by atoms with E-state index in [1.165, 1.54) is 24.3 Å². The maximum Gasteiger partial charge on any atom is 0.319 e. The van der Waals surface area contributed by atoms with E-state index in [0.717, 1.165) is 0 Å². The molecule has 0 bridgehead atoms. The zero-order valence-corrected chi connectivity index (χ0v) is 16.1. The van der Waals surface area contributed by atoms with Crippen LogP contribution in [0.1, 0.15) is 18.1 Å². The van der Waals surface area contributed by atoms with Crippen molar-refractivity contribution in [1.29, 1.82) is 0 Å². The molecule has 1 heterocycles. The van der Waals surface area contributed by atoms with Crippen molar-refractivity contribution in [2.45, 2.75) is 24.8 Å². The number of sulfone groups is 1. The average Bonchev–Trinajstić information content (AvgIpc) is 2.68. The van der Waals surface area contributed by atoms with Crippen LogP contribution in [0.15, 0.2) is 41.3 Å². The highest BCUT2D eigenvalue weighted by Crippen LogP contribution is 2.29. The molecule has 0 unspecified atom stereocenters. The number of carbonyl (C=O) groups excluding carboxylic acids is 1. The van der Waals surface area contributed by atoms with E-state index in [9.17, 15) is 17.6 Å². The highest BCUT2D eigenvalue weighted by Gasteiger charge is 2.19. The lowest BCUT2D eigenvalue weighted by molar-refractivity contribution is -0.0172. The summed E-state index contributed by atoms with van der Waals surface area (Å²) in [5.74, 6) is 0.113. The Kier molecular flexibility index (Phi) is 6.15. The third kappa shape index (κ3) is 4.60. The maximum atomic E-state index is 13.8. The third-order valence-corrected chi connectivity index (χ3v) is 6.07. The van der Waals surface area contributed by atoms with E-state index in [1.807, 2.05) is 0 Å². The smallest absolute Gasteiger partial charge is 0.319 e. The van der Waals surface area contributed by atoms with Gasteiger partial charge in [0.2, 0.25) is 0 Å². The van der Waals surface area contributed by atoms with Crippen molar-refractivity contribution in [2.75, 3.05) is 24.4 Å². The van der Waals surface area contributed by atoms with Gasteiger partial charge in [0.1, 0.15) is 11.6 Å². The molecule has 0 fully saturated rings. The zero-order valence-electron chi connectivity index (χ0n) is 15.3. The van der Waals surface area contributed by atoms with Crippen molar-refractivity contribution in [1.82, 2.24) is 5.32 Å². The fourth-order valence-electron chi connectivity index (χ4n) is 2.92. The number of rotatable bonds is 6. The zero-order chi connectivity index (χ0) is 20.1. The number of para-hydroxylation sites is 1. The molecule has 3 rings (SSSR count). The first-order valence-electron chi connectivity index (χ1n) is 8.79. The first kappa shape index (κ1) is 20.1. The molecule has 0 aliphatic carbocycles. The maximum absolute atomic E-state index is 13.8. The summed E-state index contributed by atoms with van der Waals surface area (Å²) in [5.41, 5.74) is 1.47. The molecule has 28 heavy (non-hydrogen) atoms. The second kappa shape index (κ2) is 8.57. The largest absolute Gasteiger partial charge is 0.467 e. The number of nitrogens with one attached hydrogen (secondary N) is 2. The molecule has 2 aromatic rings. The average molecular weight is 408 g/mol. The van der Waals surface area contributed by atoms with Crippen LogP contribution in [-0.2, 0) is 27.6 Å². The molecule has 2 amide bonds. The summed E-state index contributed by atoms with van der Waals surface area (Å²) in [6, 6.07) is 8.40. The quantitative estimate of drug-likeness (QED) is 0.767. The summed E-state index contributed by atoms with van der Waals surface area (Å²) >= 11 is 0. The predicted molar refractivity (Wildman–Crippen MR) is 102 cm³/mol. The monoisotopic (exact) mass is 408 g/mol. The molecule has 1 aliphatic heterocycles. The standard InChI is InChI=1S/C19H21FN2O5S/c1-2-28(24,25)17-6-4-3-5-16(17)22-19(23)21-8-7-13-9-15(20)10-14-11-26-12-27-18(13)14/h3-6,9-10H,2,7-8,11-12H2,1H3,(H2,21,22,23). The Morgan fingerprint density at radius 1 is 1.25 bits per heavy atom. The van der Waals surface area contributed by atoms with E-state index in [4.69, 9.17) is 9.47 Å². The van der Waals surface area contributed by atoms with Crippen LogP contribution < -0.4 is 15.4 Å². The van der Waals surface area contributed by atoms with Gasteiger partial charge in [0.15, 0.2) is 16.6 Å². The summed E-state index contributed by atoms with van der Waals surface area (Å²) < 4.78 is 48.6. The van der Waals surface area contributed by atoms with Gasteiger partial charge < -0.3 is 20.1 Å². The Balaban J connectivity index is 1.63. The number of benzene rings is 2. The number of halogens is 1. The molecular weight excluding hydrogens is 387 g/mol. The van der Waals surface area contributed by atoms with Gasteiger partial charge in [-0.3, -0.25) is 0 Å². The minimum Gasteiger partial charge on any atom is -0.467 e. The van der Waals surface area contributed by atoms with E-state index in [2.05, 4.69) is 10.6 Å². The molecule has 7 nitrogen and oxygen atoms in total. The molecule has 1 aliphatic rings. The fraction of sp³-hybridized carbons (Fsp3) is 0.316. The van der Waals surface area contributed by atoms with Gasteiger partial charge in [0.25, 0.3) is 0 Å². The Bertz CT molecular complexity index is 978. The molecular formula is C19H21FN2O5S. The van der Waals surface area contributed by atoms with Crippen molar-refractivity contribution in [3.63, 3.8) is 0 Å². The number of fused-ring (bicyclic) bond motifs is 1. The van der Waals surface area contributed by atoms with Gasteiger partial charge in [-0.25, -0.2) is 17.6 Å². The normalized spacial score (nSPS) is 13.4. The Labute approximate surface area is 162 Å². The summed E-state index contributed by atoms with van der Waals surface area (Å²) in [7, 11) is -3.47. The van der Waals surface area contributed by atoms with E-state index >= 15 is 0 Å². The molecule has 9 heteroatoms. The van der Waals surface area contributed by atoms with Crippen molar-refractivity contribution < 1.29 is 27.1 Å². The summed E-state index contributed by atoms with van der Waals surface area (Å²) in [6.07, 6.45) is 0.350. The minimum absolute atomic E-state index is 0.0677. The van der Waals surface area contributed by atoms with Gasteiger partial charge >= 0.3 is 6.03 Å². The number of ether oxygens (including phenoxy) is 2. The van der Waals surface area contributed by atoms with Crippen molar-refractivity contribution >= 4 is 21.6 Å². The number of amides is 2. The van der Waals surface area contributed by atoms with Crippen molar-refractivity contribution in [2.24, 2.45) is 0 Å². The second-order valence-corrected chi connectivity index (χ2v) is 8.44. The van der Waals surface area contributed by atoms with E-state index in [0.29, 0.717) is 23.3 Å². The van der Waals surface area contributed by atoms with Crippen LogP contribution in [0.3, 0.4) is 0 Å². The lowest BCUT2D eigenvalue weighted by Crippen LogP contribution is -2.31. The molecule has 0 saturated heterocycles. The Hall–Kier alpha value is -2.65. The summed E-state index contributed by atoms with van der Waals surface area (Å²) in [5, 5.41) is 5.20. The number of carbonyl (C=O) groups is 1. The van der Waals surface area contributed by atoms with Gasteiger partial charge in [-0.1, -0.05) is 19.1 Å². The molecule has 2 N–H and O–H groups in total. The van der Waals surface area contributed by atoms with Crippen LogP contribution in [0.4, 0.5) is 14.9 Å². The predicted octanol–water partition coefficient (Wildman–Crippen LogP) is 2.85. The number of hydrogen-bond donors (Lipinski definition) is 2. The van der Waals surface area contributed by atoms with Crippen LogP contribution in [-0.4, -0.2) is 33.5 Å². The van der Waals surface area contributed by atoms with Crippen LogP contribution in [0.5, 0.6) is 5.75 Å². The fourth-order valence-corrected chi connectivity index (χ4v) is 3.97. The third-order valence-electron chi connectivity index (χ3n) is 4.28. The van der Waals surface area contributed by atoms with Crippen molar-refractivity contribution in [3.05, 3.63) is 53.3 Å².